The first-order valence-electron chi connectivity index (χ1n) is 9.49. The third kappa shape index (κ3) is 5.30. The highest BCUT2D eigenvalue weighted by Gasteiger charge is 2.20. The van der Waals surface area contributed by atoms with E-state index < -0.39 is 10.0 Å². The van der Waals surface area contributed by atoms with Crippen molar-refractivity contribution in [3.05, 3.63) is 24.3 Å². The molecule has 142 valence electrons. The minimum atomic E-state index is -3.67. The Morgan fingerprint density at radius 2 is 1.88 bits per heavy atom. The van der Waals surface area contributed by atoms with Crippen LogP contribution < -0.4 is 10.0 Å². The van der Waals surface area contributed by atoms with Gasteiger partial charge < -0.3 is 5.32 Å². The molecule has 26 heavy (non-hydrogen) atoms. The molecule has 0 radical (unpaired) electrons. The predicted molar refractivity (Wildman–Crippen MR) is 103 cm³/mol. The van der Waals surface area contributed by atoms with Crippen LogP contribution in [0.3, 0.4) is 0 Å². The van der Waals surface area contributed by atoms with E-state index >= 15 is 0 Å². The van der Waals surface area contributed by atoms with Crippen LogP contribution in [-0.4, -0.2) is 26.7 Å². The van der Waals surface area contributed by atoms with E-state index in [1.165, 1.54) is 37.8 Å². The average Bonchev–Trinajstić information content (AvgIpc) is 2.96. The lowest BCUT2D eigenvalue weighted by molar-refractivity contribution is -0.117. The monoisotopic (exact) mass is 377 g/mol. The number of hydrogen-bond acceptors (Lipinski definition) is 4. The number of anilines is 1. The molecule has 0 saturated heterocycles. The first kappa shape index (κ1) is 18.9. The highest BCUT2D eigenvalue weighted by Crippen LogP contribution is 2.26. The first-order chi connectivity index (χ1) is 12.5. The number of benzene rings is 1. The molecule has 3 rings (SSSR count). The summed E-state index contributed by atoms with van der Waals surface area (Å²) in [7, 11) is -3.67. The summed E-state index contributed by atoms with van der Waals surface area (Å²) in [4.78, 5) is 16.6. The van der Waals surface area contributed by atoms with Crippen molar-refractivity contribution in [2.24, 2.45) is 10.9 Å². The maximum atomic E-state index is 12.5. The molecule has 0 bridgehead atoms. The molecule has 6 nitrogen and oxygen atoms in total. The van der Waals surface area contributed by atoms with Gasteiger partial charge in [-0.05, 0) is 43.4 Å². The second-order valence-corrected chi connectivity index (χ2v) is 8.86. The Bertz CT molecular complexity index is 766. The summed E-state index contributed by atoms with van der Waals surface area (Å²) >= 11 is 0. The van der Waals surface area contributed by atoms with Crippen molar-refractivity contribution in [2.75, 3.05) is 11.9 Å². The van der Waals surface area contributed by atoms with Crippen LogP contribution in [-0.2, 0) is 14.8 Å². The maximum Gasteiger partial charge on any atom is 0.262 e. The highest BCUT2D eigenvalue weighted by molar-refractivity contribution is 7.90. The largest absolute Gasteiger partial charge is 0.326 e. The predicted octanol–water partition coefficient (Wildman–Crippen LogP) is 3.46. The smallest absolute Gasteiger partial charge is 0.262 e. The number of carbonyl (C=O) groups excluding carboxylic acids is 1. The Balaban J connectivity index is 1.62. The van der Waals surface area contributed by atoms with Crippen LogP contribution in [0, 0.1) is 5.92 Å². The van der Waals surface area contributed by atoms with Gasteiger partial charge in [0, 0.05) is 25.1 Å². The molecule has 1 fully saturated rings. The van der Waals surface area contributed by atoms with E-state index in [0.717, 1.165) is 19.3 Å². The van der Waals surface area contributed by atoms with Gasteiger partial charge in [0.05, 0.1) is 4.90 Å². The zero-order valence-corrected chi connectivity index (χ0v) is 15.9. The molecule has 1 amide bonds. The lowest BCUT2D eigenvalue weighted by atomic mass is 9.96. The molecule has 1 aromatic rings. The minimum absolute atomic E-state index is 0.0421. The van der Waals surface area contributed by atoms with Crippen LogP contribution in [0.1, 0.15) is 57.8 Å². The molecule has 1 aliphatic carbocycles. The van der Waals surface area contributed by atoms with E-state index in [1.807, 2.05) is 0 Å². The summed E-state index contributed by atoms with van der Waals surface area (Å²) in [5.74, 6) is 0.902. The number of hydrogen-bond donors (Lipinski definition) is 2. The second-order valence-electron chi connectivity index (χ2n) is 7.18. The van der Waals surface area contributed by atoms with E-state index in [0.29, 0.717) is 36.8 Å². The molecule has 1 heterocycles. The van der Waals surface area contributed by atoms with Gasteiger partial charge >= 0.3 is 0 Å². The Morgan fingerprint density at radius 3 is 2.58 bits per heavy atom. The number of aliphatic imine (C=N–C) groups is 1. The van der Waals surface area contributed by atoms with Crippen LogP contribution >= 0.6 is 0 Å². The zero-order chi connectivity index (χ0) is 18.4. The number of amides is 1. The van der Waals surface area contributed by atoms with Crippen molar-refractivity contribution < 1.29 is 13.2 Å². The molecule has 1 aromatic carbocycles. The SMILES string of the molecule is O=C(CC1CCCCCC1)Nc1cccc(S(=O)(=O)NC2=NCCC2)c1. The van der Waals surface area contributed by atoms with E-state index in [2.05, 4.69) is 15.0 Å². The number of rotatable bonds is 5. The number of carbonyl (C=O) groups is 1. The van der Waals surface area contributed by atoms with Gasteiger partial charge in [0.25, 0.3) is 10.0 Å². The van der Waals surface area contributed by atoms with Crippen LogP contribution in [0.25, 0.3) is 0 Å². The van der Waals surface area contributed by atoms with Crippen molar-refractivity contribution in [1.29, 1.82) is 0 Å². The number of nitrogens with one attached hydrogen (secondary N) is 2. The molecule has 2 aliphatic rings. The fourth-order valence-corrected chi connectivity index (χ4v) is 4.75. The van der Waals surface area contributed by atoms with Gasteiger partial charge in [-0.3, -0.25) is 14.5 Å². The first-order valence-corrected chi connectivity index (χ1v) is 11.0. The topological polar surface area (TPSA) is 87.6 Å². The van der Waals surface area contributed by atoms with Crippen LogP contribution in [0.4, 0.5) is 5.69 Å². The van der Waals surface area contributed by atoms with Crippen molar-refractivity contribution in [1.82, 2.24) is 4.72 Å². The third-order valence-electron chi connectivity index (χ3n) is 5.00. The van der Waals surface area contributed by atoms with Gasteiger partial charge in [-0.15, -0.1) is 0 Å². The van der Waals surface area contributed by atoms with Crippen molar-refractivity contribution >= 4 is 27.5 Å². The van der Waals surface area contributed by atoms with Crippen LogP contribution in [0.5, 0.6) is 0 Å². The van der Waals surface area contributed by atoms with Crippen LogP contribution in [0.15, 0.2) is 34.2 Å². The fraction of sp³-hybridized carbons (Fsp3) is 0.579. The van der Waals surface area contributed by atoms with E-state index in [1.54, 1.807) is 12.1 Å². The summed E-state index contributed by atoms with van der Waals surface area (Å²) in [5.41, 5.74) is 0.514. The summed E-state index contributed by atoms with van der Waals surface area (Å²) in [6, 6.07) is 6.39. The quantitative estimate of drug-likeness (QED) is 0.770. The molecule has 0 atom stereocenters. The second kappa shape index (κ2) is 8.66. The van der Waals surface area contributed by atoms with Crippen molar-refractivity contribution in [3.63, 3.8) is 0 Å². The normalized spacial score (nSPS) is 18.8. The third-order valence-corrected chi connectivity index (χ3v) is 6.38. The fourth-order valence-electron chi connectivity index (χ4n) is 3.62. The van der Waals surface area contributed by atoms with E-state index in [9.17, 15) is 13.2 Å². The van der Waals surface area contributed by atoms with Gasteiger partial charge in [0.2, 0.25) is 5.91 Å². The number of nitrogens with zero attached hydrogens (tertiary/aromatic N) is 1. The Morgan fingerprint density at radius 1 is 1.12 bits per heavy atom. The van der Waals surface area contributed by atoms with Gasteiger partial charge in [-0.2, -0.15) is 0 Å². The lowest BCUT2D eigenvalue weighted by Crippen LogP contribution is -2.29. The Hall–Kier alpha value is -1.89. The van der Waals surface area contributed by atoms with Crippen molar-refractivity contribution in [3.8, 4) is 0 Å². The van der Waals surface area contributed by atoms with Gasteiger partial charge in [-0.1, -0.05) is 31.7 Å². The molecule has 7 heteroatoms. The lowest BCUT2D eigenvalue weighted by Gasteiger charge is -2.14. The Labute approximate surface area is 155 Å². The Kier molecular flexibility index (Phi) is 6.29. The van der Waals surface area contributed by atoms with Crippen LogP contribution in [0.2, 0.25) is 0 Å². The molecule has 0 spiro atoms. The average molecular weight is 378 g/mol. The molecule has 0 aromatic heterocycles. The molecule has 1 saturated carbocycles. The number of sulfonamides is 1. The van der Waals surface area contributed by atoms with Gasteiger partial charge in [-0.25, -0.2) is 8.42 Å². The van der Waals surface area contributed by atoms with Gasteiger partial charge in [0.15, 0.2) is 0 Å². The van der Waals surface area contributed by atoms with Crippen molar-refractivity contribution in [2.45, 2.75) is 62.7 Å². The number of amidine groups is 1. The molecule has 1 aliphatic heterocycles. The standard InChI is InChI=1S/C19H27N3O3S/c23-19(13-15-7-3-1-2-4-8-15)21-16-9-5-10-17(14-16)26(24,25)22-18-11-6-12-20-18/h5,9-10,14-15H,1-4,6-8,11-13H2,(H,20,22)(H,21,23). The summed E-state index contributed by atoms with van der Waals surface area (Å²) in [6.07, 6.45) is 9.15. The van der Waals surface area contributed by atoms with Gasteiger partial charge in [0.1, 0.15) is 5.84 Å². The summed E-state index contributed by atoms with van der Waals surface area (Å²) in [6.45, 7) is 0.662. The zero-order valence-electron chi connectivity index (χ0n) is 15.0. The summed E-state index contributed by atoms with van der Waals surface area (Å²) in [5, 5.41) is 2.85. The van der Waals surface area contributed by atoms with E-state index in [4.69, 9.17) is 0 Å². The minimum Gasteiger partial charge on any atom is -0.326 e. The van der Waals surface area contributed by atoms with E-state index in [-0.39, 0.29) is 10.8 Å². The summed E-state index contributed by atoms with van der Waals surface area (Å²) < 4.78 is 27.5. The molecular weight excluding hydrogens is 350 g/mol. The molecular formula is C19H27N3O3S. The highest BCUT2D eigenvalue weighted by atomic mass is 32.2. The molecule has 2 N–H and O–H groups in total. The maximum absolute atomic E-state index is 12.5. The molecule has 0 unspecified atom stereocenters.